The standard InChI is InChI=1S/C18H27N3O2/c22-18(19-8-10-21-9-3-12-23-13-11-21)20-17-7-6-15-4-1-2-5-16(15)14-17/h1-2,4-5,17H,3,6-14H2,(H2,19,20,22). The van der Waals surface area contributed by atoms with Crippen molar-refractivity contribution in [2.75, 3.05) is 39.4 Å². The Labute approximate surface area is 138 Å². The molecule has 1 unspecified atom stereocenters. The molecule has 1 fully saturated rings. The van der Waals surface area contributed by atoms with E-state index in [0.29, 0.717) is 6.54 Å². The van der Waals surface area contributed by atoms with Crippen molar-refractivity contribution in [2.45, 2.75) is 31.7 Å². The first-order chi connectivity index (χ1) is 11.3. The highest BCUT2D eigenvalue weighted by molar-refractivity contribution is 5.74. The van der Waals surface area contributed by atoms with E-state index in [9.17, 15) is 4.79 Å². The maximum absolute atomic E-state index is 12.1. The van der Waals surface area contributed by atoms with E-state index in [1.807, 2.05) is 0 Å². The molecule has 2 aliphatic rings. The lowest BCUT2D eigenvalue weighted by Gasteiger charge is -2.26. The van der Waals surface area contributed by atoms with E-state index < -0.39 is 0 Å². The zero-order valence-corrected chi connectivity index (χ0v) is 13.7. The van der Waals surface area contributed by atoms with Crippen molar-refractivity contribution in [3.8, 4) is 0 Å². The minimum absolute atomic E-state index is 0.0412. The highest BCUT2D eigenvalue weighted by atomic mass is 16.5. The Balaban J connectivity index is 1.36. The Hall–Kier alpha value is -1.59. The molecule has 2 N–H and O–H groups in total. The molecule has 5 nitrogen and oxygen atoms in total. The number of benzene rings is 1. The fourth-order valence-corrected chi connectivity index (χ4v) is 3.41. The number of amides is 2. The molecular formula is C18H27N3O2. The second-order valence-corrected chi connectivity index (χ2v) is 6.42. The van der Waals surface area contributed by atoms with Crippen molar-refractivity contribution < 1.29 is 9.53 Å². The van der Waals surface area contributed by atoms with Gasteiger partial charge in [0.15, 0.2) is 0 Å². The molecule has 2 amide bonds. The average molecular weight is 317 g/mol. The third kappa shape index (κ3) is 4.94. The molecule has 1 heterocycles. The quantitative estimate of drug-likeness (QED) is 0.886. The number of fused-ring (bicyclic) bond motifs is 1. The molecule has 0 saturated carbocycles. The number of hydrogen-bond acceptors (Lipinski definition) is 3. The SMILES string of the molecule is O=C(NCCN1CCCOCC1)NC1CCc2ccccc2C1. The Morgan fingerprint density at radius 2 is 2.09 bits per heavy atom. The van der Waals surface area contributed by atoms with E-state index in [-0.39, 0.29) is 12.1 Å². The van der Waals surface area contributed by atoms with Crippen LogP contribution in [-0.2, 0) is 17.6 Å². The van der Waals surface area contributed by atoms with Gasteiger partial charge in [-0.15, -0.1) is 0 Å². The molecule has 1 saturated heterocycles. The molecule has 1 aliphatic heterocycles. The van der Waals surface area contributed by atoms with Crippen molar-refractivity contribution in [3.05, 3.63) is 35.4 Å². The lowest BCUT2D eigenvalue weighted by molar-refractivity contribution is 0.141. The number of carbonyl (C=O) groups excluding carboxylic acids is 1. The van der Waals surface area contributed by atoms with Crippen LogP contribution in [0.1, 0.15) is 24.0 Å². The zero-order chi connectivity index (χ0) is 15.9. The Morgan fingerprint density at radius 3 is 3.00 bits per heavy atom. The van der Waals surface area contributed by atoms with E-state index >= 15 is 0 Å². The molecule has 0 aromatic heterocycles. The minimum atomic E-state index is -0.0412. The molecule has 0 radical (unpaired) electrons. The number of nitrogens with one attached hydrogen (secondary N) is 2. The summed E-state index contributed by atoms with van der Waals surface area (Å²) in [7, 11) is 0. The Morgan fingerprint density at radius 1 is 1.22 bits per heavy atom. The van der Waals surface area contributed by atoms with E-state index in [1.54, 1.807) is 0 Å². The van der Waals surface area contributed by atoms with Crippen molar-refractivity contribution >= 4 is 6.03 Å². The summed E-state index contributed by atoms with van der Waals surface area (Å²) < 4.78 is 5.44. The molecule has 1 aliphatic carbocycles. The summed E-state index contributed by atoms with van der Waals surface area (Å²) in [5.74, 6) is 0. The summed E-state index contributed by atoms with van der Waals surface area (Å²) >= 11 is 0. The second-order valence-electron chi connectivity index (χ2n) is 6.42. The van der Waals surface area contributed by atoms with Gasteiger partial charge in [-0.3, -0.25) is 4.90 Å². The summed E-state index contributed by atoms with van der Waals surface area (Å²) in [6.45, 7) is 5.26. The van der Waals surface area contributed by atoms with Gasteiger partial charge in [-0.2, -0.15) is 0 Å². The zero-order valence-electron chi connectivity index (χ0n) is 13.7. The van der Waals surface area contributed by atoms with Crippen molar-refractivity contribution in [3.63, 3.8) is 0 Å². The maximum atomic E-state index is 12.1. The lowest BCUT2D eigenvalue weighted by atomic mass is 9.88. The first-order valence-corrected chi connectivity index (χ1v) is 8.72. The van der Waals surface area contributed by atoms with Crippen LogP contribution in [0.2, 0.25) is 0 Å². The van der Waals surface area contributed by atoms with Gasteiger partial charge in [0.2, 0.25) is 0 Å². The summed E-state index contributed by atoms with van der Waals surface area (Å²) in [5.41, 5.74) is 2.79. The number of hydrogen-bond donors (Lipinski definition) is 2. The molecule has 1 aromatic carbocycles. The van der Waals surface area contributed by atoms with Crippen LogP contribution in [0, 0.1) is 0 Å². The van der Waals surface area contributed by atoms with Crippen molar-refractivity contribution in [1.82, 2.24) is 15.5 Å². The minimum Gasteiger partial charge on any atom is -0.380 e. The summed E-state index contributed by atoms with van der Waals surface area (Å²) in [4.78, 5) is 14.4. The molecule has 0 spiro atoms. The number of rotatable bonds is 4. The average Bonchev–Trinajstić information content (AvgIpc) is 2.83. The van der Waals surface area contributed by atoms with Crippen LogP contribution in [0.15, 0.2) is 24.3 Å². The number of carbonyl (C=O) groups is 1. The van der Waals surface area contributed by atoms with Crippen LogP contribution in [0.5, 0.6) is 0 Å². The maximum Gasteiger partial charge on any atom is 0.315 e. The van der Waals surface area contributed by atoms with Gasteiger partial charge < -0.3 is 15.4 Å². The molecule has 1 aromatic rings. The van der Waals surface area contributed by atoms with Gasteiger partial charge in [0.25, 0.3) is 0 Å². The number of nitrogens with zero attached hydrogens (tertiary/aromatic N) is 1. The van der Waals surface area contributed by atoms with E-state index in [0.717, 1.165) is 58.5 Å². The van der Waals surface area contributed by atoms with Crippen molar-refractivity contribution in [1.29, 1.82) is 0 Å². The van der Waals surface area contributed by atoms with E-state index in [1.165, 1.54) is 11.1 Å². The first kappa shape index (κ1) is 16.3. The van der Waals surface area contributed by atoms with Crippen LogP contribution in [0.4, 0.5) is 4.79 Å². The second kappa shape index (κ2) is 8.31. The van der Waals surface area contributed by atoms with Crippen LogP contribution in [0.3, 0.4) is 0 Å². The van der Waals surface area contributed by atoms with Gasteiger partial charge in [0, 0.05) is 38.8 Å². The lowest BCUT2D eigenvalue weighted by Crippen LogP contribution is -2.46. The van der Waals surface area contributed by atoms with Crippen molar-refractivity contribution in [2.24, 2.45) is 0 Å². The topological polar surface area (TPSA) is 53.6 Å². The highest BCUT2D eigenvalue weighted by Crippen LogP contribution is 2.20. The largest absolute Gasteiger partial charge is 0.380 e. The van der Waals surface area contributed by atoms with Gasteiger partial charge in [-0.05, 0) is 36.8 Å². The molecule has 126 valence electrons. The molecule has 0 bridgehead atoms. The number of aryl methyl sites for hydroxylation is 1. The number of urea groups is 1. The monoisotopic (exact) mass is 317 g/mol. The summed E-state index contributed by atoms with van der Waals surface area (Å²) in [6.07, 6.45) is 4.09. The molecule has 23 heavy (non-hydrogen) atoms. The summed E-state index contributed by atoms with van der Waals surface area (Å²) in [5, 5.41) is 6.11. The van der Waals surface area contributed by atoms with Crippen LogP contribution >= 0.6 is 0 Å². The van der Waals surface area contributed by atoms with Gasteiger partial charge >= 0.3 is 6.03 Å². The van der Waals surface area contributed by atoms with Gasteiger partial charge in [0.05, 0.1) is 6.61 Å². The number of ether oxygens (including phenoxy) is 1. The van der Waals surface area contributed by atoms with Gasteiger partial charge in [-0.25, -0.2) is 4.79 Å². The van der Waals surface area contributed by atoms with E-state index in [4.69, 9.17) is 4.74 Å². The van der Waals surface area contributed by atoms with Crippen LogP contribution < -0.4 is 10.6 Å². The Kier molecular flexibility index (Phi) is 5.88. The molecular weight excluding hydrogens is 290 g/mol. The predicted octanol–water partition coefficient (Wildman–Crippen LogP) is 1.57. The van der Waals surface area contributed by atoms with Crippen LogP contribution in [-0.4, -0.2) is 56.4 Å². The summed E-state index contributed by atoms with van der Waals surface area (Å²) in [6, 6.07) is 8.73. The highest BCUT2D eigenvalue weighted by Gasteiger charge is 2.19. The molecule has 1 atom stereocenters. The molecule has 3 rings (SSSR count). The smallest absolute Gasteiger partial charge is 0.315 e. The van der Waals surface area contributed by atoms with Crippen LogP contribution in [0.25, 0.3) is 0 Å². The molecule has 5 heteroatoms. The fourth-order valence-electron chi connectivity index (χ4n) is 3.41. The predicted molar refractivity (Wildman–Crippen MR) is 90.7 cm³/mol. The first-order valence-electron chi connectivity index (χ1n) is 8.72. The fraction of sp³-hybridized carbons (Fsp3) is 0.611. The normalized spacial score (nSPS) is 22.0. The van der Waals surface area contributed by atoms with Gasteiger partial charge in [-0.1, -0.05) is 24.3 Å². The Bertz CT molecular complexity index is 513. The van der Waals surface area contributed by atoms with Gasteiger partial charge in [0.1, 0.15) is 0 Å². The third-order valence-corrected chi connectivity index (χ3v) is 4.71. The van der Waals surface area contributed by atoms with E-state index in [2.05, 4.69) is 39.8 Å². The third-order valence-electron chi connectivity index (χ3n) is 4.71.